The average Bonchev–Trinajstić information content (AvgIpc) is 2.26. The summed E-state index contributed by atoms with van der Waals surface area (Å²) >= 11 is 0. The normalized spacial score (nSPS) is 33.4. The molecule has 1 nitrogen and oxygen atoms in total. The molecule has 78 valence electrons. The van der Waals surface area contributed by atoms with Crippen molar-refractivity contribution in [3.8, 4) is 12.3 Å². The van der Waals surface area contributed by atoms with Gasteiger partial charge >= 0.3 is 0 Å². The Bertz CT molecular complexity index is 214. The lowest BCUT2D eigenvalue weighted by Crippen LogP contribution is -2.46. The van der Waals surface area contributed by atoms with Crippen LogP contribution in [0.15, 0.2) is 0 Å². The second kappa shape index (κ2) is 4.84. The Hall–Kier alpha value is -0.480. The molecule has 1 saturated carbocycles. The quantitative estimate of drug-likeness (QED) is 0.607. The van der Waals surface area contributed by atoms with Crippen molar-refractivity contribution in [1.29, 1.82) is 0 Å². The molecule has 0 N–H and O–H groups in total. The van der Waals surface area contributed by atoms with Crippen LogP contribution in [0.25, 0.3) is 0 Å². The fourth-order valence-corrected chi connectivity index (χ4v) is 3.21. The third-order valence-electron chi connectivity index (χ3n) is 3.90. The molecule has 0 radical (unpaired) electrons. The lowest BCUT2D eigenvalue weighted by Gasteiger charge is -2.44. The first-order valence-corrected chi connectivity index (χ1v) is 6.09. The fourth-order valence-electron chi connectivity index (χ4n) is 3.21. The molecular weight excluding hydrogens is 170 g/mol. The van der Waals surface area contributed by atoms with Gasteiger partial charge in [-0.15, -0.1) is 12.3 Å². The van der Waals surface area contributed by atoms with Gasteiger partial charge in [-0.05, 0) is 38.1 Å². The highest BCUT2D eigenvalue weighted by Crippen LogP contribution is 2.35. The van der Waals surface area contributed by atoms with E-state index in [1.165, 1.54) is 45.1 Å². The summed E-state index contributed by atoms with van der Waals surface area (Å²) in [5.74, 6) is 3.76. The van der Waals surface area contributed by atoms with Crippen LogP contribution < -0.4 is 0 Å². The Morgan fingerprint density at radius 3 is 2.79 bits per heavy atom. The van der Waals surface area contributed by atoms with Gasteiger partial charge in [-0.25, -0.2) is 0 Å². The van der Waals surface area contributed by atoms with Gasteiger partial charge in [-0.2, -0.15) is 0 Å². The van der Waals surface area contributed by atoms with Gasteiger partial charge in [0.25, 0.3) is 0 Å². The predicted octanol–water partition coefficient (Wildman–Crippen LogP) is 2.66. The Kier molecular flexibility index (Phi) is 3.48. The summed E-state index contributed by atoms with van der Waals surface area (Å²) < 4.78 is 0. The zero-order valence-corrected chi connectivity index (χ0v) is 9.04. The van der Waals surface area contributed by atoms with Crippen molar-refractivity contribution < 1.29 is 0 Å². The lowest BCUT2D eigenvalue weighted by molar-refractivity contribution is 0.0630. The predicted molar refractivity (Wildman–Crippen MR) is 60.0 cm³/mol. The minimum absolute atomic E-state index is 0.880. The van der Waals surface area contributed by atoms with Crippen LogP contribution in [-0.2, 0) is 0 Å². The van der Waals surface area contributed by atoms with Crippen LogP contribution in [0.5, 0.6) is 0 Å². The second-order valence-corrected chi connectivity index (χ2v) is 4.74. The first-order chi connectivity index (χ1) is 6.92. The number of likely N-dealkylation sites (tertiary alicyclic amines) is 1. The number of fused-ring (bicyclic) bond motifs is 1. The molecule has 0 spiro atoms. The molecule has 1 saturated heterocycles. The zero-order chi connectivity index (χ0) is 9.80. The van der Waals surface area contributed by atoms with Crippen LogP contribution in [0, 0.1) is 18.3 Å². The molecule has 1 heteroatoms. The van der Waals surface area contributed by atoms with Crippen LogP contribution >= 0.6 is 0 Å². The summed E-state index contributed by atoms with van der Waals surface area (Å²) in [5.41, 5.74) is 0. The van der Waals surface area contributed by atoms with E-state index in [-0.39, 0.29) is 0 Å². The molecule has 1 aliphatic carbocycles. The number of piperidine rings is 1. The van der Waals surface area contributed by atoms with Gasteiger partial charge in [0.2, 0.25) is 0 Å². The van der Waals surface area contributed by atoms with Crippen molar-refractivity contribution in [2.75, 3.05) is 13.1 Å². The highest BCUT2D eigenvalue weighted by Gasteiger charge is 2.32. The molecule has 0 aromatic carbocycles. The van der Waals surface area contributed by atoms with E-state index in [2.05, 4.69) is 10.8 Å². The van der Waals surface area contributed by atoms with E-state index < -0.39 is 0 Å². The molecule has 1 heterocycles. The topological polar surface area (TPSA) is 3.24 Å². The van der Waals surface area contributed by atoms with Crippen molar-refractivity contribution in [1.82, 2.24) is 4.90 Å². The van der Waals surface area contributed by atoms with Crippen molar-refractivity contribution in [3.05, 3.63) is 0 Å². The molecule has 0 amide bonds. The third-order valence-corrected chi connectivity index (χ3v) is 3.90. The molecule has 2 atom stereocenters. The van der Waals surface area contributed by atoms with Crippen LogP contribution in [0.4, 0.5) is 0 Å². The van der Waals surface area contributed by atoms with Gasteiger partial charge in [0.05, 0.1) is 0 Å². The van der Waals surface area contributed by atoms with Crippen molar-refractivity contribution in [2.24, 2.45) is 5.92 Å². The molecule has 0 bridgehead atoms. The second-order valence-electron chi connectivity index (χ2n) is 4.74. The van der Waals surface area contributed by atoms with Crippen LogP contribution in [-0.4, -0.2) is 24.0 Å². The first kappa shape index (κ1) is 10.1. The fraction of sp³-hybridized carbons (Fsp3) is 0.846. The van der Waals surface area contributed by atoms with Gasteiger partial charge in [0, 0.05) is 19.0 Å². The molecule has 1 aliphatic heterocycles. The van der Waals surface area contributed by atoms with Gasteiger partial charge in [0.15, 0.2) is 0 Å². The maximum atomic E-state index is 5.34. The maximum absolute atomic E-state index is 5.34. The van der Waals surface area contributed by atoms with Gasteiger partial charge < -0.3 is 0 Å². The lowest BCUT2D eigenvalue weighted by atomic mass is 9.78. The van der Waals surface area contributed by atoms with Crippen LogP contribution in [0.2, 0.25) is 0 Å². The highest BCUT2D eigenvalue weighted by atomic mass is 15.2. The van der Waals surface area contributed by atoms with Gasteiger partial charge in [-0.3, -0.25) is 4.90 Å². The number of terminal acetylenes is 1. The van der Waals surface area contributed by atoms with Crippen molar-refractivity contribution in [3.63, 3.8) is 0 Å². The summed E-state index contributed by atoms with van der Waals surface area (Å²) in [6, 6.07) is 0.880. The number of nitrogens with zero attached hydrogens (tertiary/aromatic N) is 1. The van der Waals surface area contributed by atoms with E-state index >= 15 is 0 Å². The summed E-state index contributed by atoms with van der Waals surface area (Å²) in [7, 11) is 0. The minimum Gasteiger partial charge on any atom is -0.299 e. The van der Waals surface area contributed by atoms with Gasteiger partial charge in [-0.1, -0.05) is 12.8 Å². The molecule has 14 heavy (non-hydrogen) atoms. The average molecular weight is 191 g/mol. The van der Waals surface area contributed by atoms with Gasteiger partial charge in [0.1, 0.15) is 0 Å². The first-order valence-electron chi connectivity index (χ1n) is 6.09. The largest absolute Gasteiger partial charge is 0.299 e. The molecule has 0 aromatic heterocycles. The standard InChI is InChI=1S/C13H21N/c1-2-3-10-14-11-6-8-12-7-4-5-9-13(12)14/h1,12-13H,3-11H2. The highest BCUT2D eigenvalue weighted by molar-refractivity contribution is 4.90. The summed E-state index contributed by atoms with van der Waals surface area (Å²) in [4.78, 5) is 2.66. The monoisotopic (exact) mass is 191 g/mol. The summed E-state index contributed by atoms with van der Waals surface area (Å²) in [5, 5.41) is 0. The van der Waals surface area contributed by atoms with Crippen LogP contribution in [0.3, 0.4) is 0 Å². The molecule has 2 rings (SSSR count). The Morgan fingerprint density at radius 2 is 1.93 bits per heavy atom. The zero-order valence-electron chi connectivity index (χ0n) is 9.04. The van der Waals surface area contributed by atoms with E-state index in [0.29, 0.717) is 0 Å². The summed E-state index contributed by atoms with van der Waals surface area (Å²) in [6.07, 6.45) is 14.9. The smallest absolute Gasteiger partial charge is 0.0214 e. The molecule has 0 aromatic rings. The maximum Gasteiger partial charge on any atom is 0.0214 e. The van der Waals surface area contributed by atoms with E-state index in [4.69, 9.17) is 6.42 Å². The van der Waals surface area contributed by atoms with E-state index in [0.717, 1.165) is 24.9 Å². The number of hydrogen-bond acceptors (Lipinski definition) is 1. The number of hydrogen-bond donors (Lipinski definition) is 0. The van der Waals surface area contributed by atoms with E-state index in [9.17, 15) is 0 Å². The SMILES string of the molecule is C#CCCN1CCCC2CCCCC21. The number of rotatable bonds is 2. The minimum atomic E-state index is 0.880. The van der Waals surface area contributed by atoms with Crippen molar-refractivity contribution >= 4 is 0 Å². The third kappa shape index (κ3) is 2.12. The van der Waals surface area contributed by atoms with Crippen LogP contribution in [0.1, 0.15) is 44.9 Å². The molecular formula is C13H21N. The Labute approximate surface area is 87.9 Å². The Morgan fingerprint density at radius 1 is 1.14 bits per heavy atom. The summed E-state index contributed by atoms with van der Waals surface area (Å²) in [6.45, 7) is 2.43. The molecule has 2 fully saturated rings. The Balaban J connectivity index is 1.91. The van der Waals surface area contributed by atoms with Crippen molar-refractivity contribution in [2.45, 2.75) is 51.0 Å². The molecule has 2 aliphatic rings. The molecule has 2 unspecified atom stereocenters. The van der Waals surface area contributed by atoms with E-state index in [1.807, 2.05) is 0 Å². The van der Waals surface area contributed by atoms with E-state index in [1.54, 1.807) is 0 Å².